The molecule has 6 nitrogen and oxygen atoms in total. The number of carboxylic acid groups (broad SMARTS) is 1. The second kappa shape index (κ2) is 6.41. The number of nitrogens with zero attached hydrogens (tertiary/aromatic N) is 2. The highest BCUT2D eigenvalue weighted by molar-refractivity contribution is 6.03. The van der Waals surface area contributed by atoms with Gasteiger partial charge in [0.05, 0.1) is 5.92 Å². The van der Waals surface area contributed by atoms with Crippen LogP contribution in [-0.2, 0) is 14.4 Å². The largest absolute Gasteiger partial charge is 0.480 e. The molecule has 0 spiro atoms. The van der Waals surface area contributed by atoms with E-state index in [2.05, 4.69) is 0 Å². The summed E-state index contributed by atoms with van der Waals surface area (Å²) in [6.45, 7) is 0. The summed E-state index contributed by atoms with van der Waals surface area (Å²) in [6.07, 6.45) is 4.62. The zero-order valence-corrected chi connectivity index (χ0v) is 14.9. The van der Waals surface area contributed by atoms with Gasteiger partial charge in [-0.2, -0.15) is 0 Å². The van der Waals surface area contributed by atoms with Crippen LogP contribution in [0.5, 0.6) is 0 Å². The Balaban J connectivity index is 1.71. The maximum absolute atomic E-state index is 13.5. The molecule has 138 valence electrons. The maximum Gasteiger partial charge on any atom is 0.326 e. The van der Waals surface area contributed by atoms with Crippen molar-refractivity contribution >= 4 is 23.5 Å². The van der Waals surface area contributed by atoms with Gasteiger partial charge in [0.2, 0.25) is 11.8 Å². The minimum absolute atomic E-state index is 0.000676. The summed E-state index contributed by atoms with van der Waals surface area (Å²) in [7, 11) is 1.72. The lowest BCUT2D eigenvalue weighted by atomic mass is 9.84. The first kappa shape index (κ1) is 17.1. The van der Waals surface area contributed by atoms with Crippen molar-refractivity contribution in [2.24, 2.45) is 5.92 Å². The minimum Gasteiger partial charge on any atom is -0.480 e. The van der Waals surface area contributed by atoms with E-state index in [1.165, 1.54) is 0 Å². The van der Waals surface area contributed by atoms with Gasteiger partial charge in [0.15, 0.2) is 0 Å². The van der Waals surface area contributed by atoms with Crippen LogP contribution in [0.2, 0.25) is 0 Å². The number of para-hydroxylation sites is 1. The predicted octanol–water partition coefficient (Wildman–Crippen LogP) is 2.38. The Hall–Kier alpha value is -2.37. The molecule has 2 aliphatic heterocycles. The SMILES string of the molecule is CN1C(=O)C[C@H](C(=O)N2[C@H](C(=O)O)C[C@H]3CCCC[C@@H]32)c2ccccc21. The smallest absolute Gasteiger partial charge is 0.326 e. The van der Waals surface area contributed by atoms with Gasteiger partial charge in [-0.3, -0.25) is 9.59 Å². The first-order chi connectivity index (χ1) is 12.5. The number of hydrogen-bond acceptors (Lipinski definition) is 3. The third-order valence-electron chi connectivity index (χ3n) is 6.35. The van der Waals surface area contributed by atoms with E-state index < -0.39 is 17.9 Å². The molecule has 2 heterocycles. The van der Waals surface area contributed by atoms with Crippen LogP contribution in [0.25, 0.3) is 0 Å². The van der Waals surface area contributed by atoms with Crippen LogP contribution in [0, 0.1) is 5.92 Å². The average Bonchev–Trinajstić information content (AvgIpc) is 3.04. The Morgan fingerprint density at radius 2 is 1.88 bits per heavy atom. The number of carbonyl (C=O) groups excluding carboxylic acids is 2. The van der Waals surface area contributed by atoms with E-state index in [4.69, 9.17) is 0 Å². The highest BCUT2D eigenvalue weighted by atomic mass is 16.4. The van der Waals surface area contributed by atoms with E-state index in [9.17, 15) is 19.5 Å². The number of hydrogen-bond donors (Lipinski definition) is 1. The van der Waals surface area contributed by atoms with Crippen molar-refractivity contribution in [3.63, 3.8) is 0 Å². The van der Waals surface area contributed by atoms with Crippen LogP contribution < -0.4 is 4.90 Å². The molecule has 6 heteroatoms. The van der Waals surface area contributed by atoms with E-state index in [0.29, 0.717) is 6.42 Å². The molecule has 0 radical (unpaired) electrons. The number of anilines is 1. The second-order valence-corrected chi connectivity index (χ2v) is 7.72. The van der Waals surface area contributed by atoms with Crippen LogP contribution in [0.1, 0.15) is 50.0 Å². The molecule has 4 rings (SSSR count). The number of carboxylic acids is 1. The normalized spacial score (nSPS) is 30.7. The van der Waals surface area contributed by atoms with Gasteiger partial charge in [0.1, 0.15) is 6.04 Å². The molecule has 2 amide bonds. The summed E-state index contributed by atoms with van der Waals surface area (Å²) < 4.78 is 0. The Morgan fingerprint density at radius 1 is 1.15 bits per heavy atom. The third-order valence-corrected chi connectivity index (χ3v) is 6.35. The van der Waals surface area contributed by atoms with Crippen LogP contribution in [0.4, 0.5) is 5.69 Å². The molecule has 4 atom stereocenters. The Morgan fingerprint density at radius 3 is 2.65 bits per heavy atom. The van der Waals surface area contributed by atoms with E-state index in [1.807, 2.05) is 24.3 Å². The van der Waals surface area contributed by atoms with Crippen molar-refractivity contribution in [2.45, 2.75) is 56.5 Å². The lowest BCUT2D eigenvalue weighted by molar-refractivity contribution is -0.151. The molecule has 1 saturated heterocycles. The third kappa shape index (κ3) is 2.59. The quantitative estimate of drug-likeness (QED) is 0.882. The first-order valence-corrected chi connectivity index (χ1v) is 9.39. The molecule has 1 aromatic carbocycles. The molecule has 0 unspecified atom stereocenters. The van der Waals surface area contributed by atoms with Crippen LogP contribution in [0.15, 0.2) is 24.3 Å². The minimum atomic E-state index is -0.930. The van der Waals surface area contributed by atoms with Gasteiger partial charge < -0.3 is 14.9 Å². The van der Waals surface area contributed by atoms with Gasteiger partial charge in [-0.25, -0.2) is 4.79 Å². The zero-order valence-electron chi connectivity index (χ0n) is 14.9. The summed E-state index contributed by atoms with van der Waals surface area (Å²) in [6, 6.07) is 6.67. The van der Waals surface area contributed by atoms with Crippen molar-refractivity contribution in [1.29, 1.82) is 0 Å². The maximum atomic E-state index is 13.5. The zero-order chi connectivity index (χ0) is 18.4. The van der Waals surface area contributed by atoms with E-state index >= 15 is 0 Å². The Kier molecular flexibility index (Phi) is 4.21. The molecule has 1 aromatic rings. The van der Waals surface area contributed by atoms with Gasteiger partial charge in [0.25, 0.3) is 0 Å². The van der Waals surface area contributed by atoms with Gasteiger partial charge in [-0.05, 0) is 36.8 Å². The molecule has 1 aliphatic carbocycles. The average molecular weight is 356 g/mol. The summed E-state index contributed by atoms with van der Waals surface area (Å²) in [4.78, 5) is 40.9. The molecule has 26 heavy (non-hydrogen) atoms. The summed E-state index contributed by atoms with van der Waals surface area (Å²) in [5.41, 5.74) is 1.57. The van der Waals surface area contributed by atoms with Crippen molar-refractivity contribution in [3.8, 4) is 0 Å². The molecule has 0 bridgehead atoms. The molecule has 1 saturated carbocycles. The van der Waals surface area contributed by atoms with E-state index in [-0.39, 0.29) is 30.2 Å². The lowest BCUT2D eigenvalue weighted by Crippen LogP contribution is -2.49. The Labute approximate surface area is 152 Å². The highest BCUT2D eigenvalue weighted by Crippen LogP contribution is 2.43. The summed E-state index contributed by atoms with van der Waals surface area (Å²) in [5.74, 6) is -1.54. The van der Waals surface area contributed by atoms with Gasteiger partial charge in [0, 0.05) is 25.2 Å². The number of rotatable bonds is 2. The van der Waals surface area contributed by atoms with E-state index in [1.54, 1.807) is 16.8 Å². The lowest BCUT2D eigenvalue weighted by Gasteiger charge is -2.38. The molecule has 0 aromatic heterocycles. The molecule has 3 aliphatic rings. The summed E-state index contributed by atoms with van der Waals surface area (Å²) >= 11 is 0. The monoisotopic (exact) mass is 356 g/mol. The van der Waals surface area contributed by atoms with Gasteiger partial charge in [-0.15, -0.1) is 0 Å². The molecular formula is C20H24N2O4. The summed E-state index contributed by atoms with van der Waals surface area (Å²) in [5, 5.41) is 9.70. The van der Waals surface area contributed by atoms with Gasteiger partial charge in [-0.1, -0.05) is 31.0 Å². The fraction of sp³-hybridized carbons (Fsp3) is 0.550. The standard InChI is InChI=1S/C20H24N2O4/c1-21-16-9-5-3-7-13(16)14(11-18(21)23)19(24)22-15-8-4-2-6-12(15)10-17(22)20(25)26/h3,5,7,9,12,14-15,17H,2,4,6,8,10-11H2,1H3,(H,25,26)/t12-,14+,15+,17+/m1/s1. The fourth-order valence-electron chi connectivity index (χ4n) is 5.04. The number of amides is 2. The number of likely N-dealkylation sites (tertiary alicyclic amines) is 1. The number of benzene rings is 1. The molecule has 1 N–H and O–H groups in total. The van der Waals surface area contributed by atoms with Crippen molar-refractivity contribution in [1.82, 2.24) is 4.90 Å². The molecule has 2 fully saturated rings. The van der Waals surface area contributed by atoms with Crippen molar-refractivity contribution in [2.75, 3.05) is 11.9 Å². The number of aliphatic carboxylic acids is 1. The predicted molar refractivity (Wildman–Crippen MR) is 95.8 cm³/mol. The van der Waals surface area contributed by atoms with Crippen molar-refractivity contribution in [3.05, 3.63) is 29.8 Å². The first-order valence-electron chi connectivity index (χ1n) is 9.39. The number of fused-ring (bicyclic) bond motifs is 2. The van der Waals surface area contributed by atoms with Crippen LogP contribution in [0.3, 0.4) is 0 Å². The van der Waals surface area contributed by atoms with Crippen LogP contribution >= 0.6 is 0 Å². The fourth-order valence-corrected chi connectivity index (χ4v) is 5.04. The highest BCUT2D eigenvalue weighted by Gasteiger charge is 2.50. The van der Waals surface area contributed by atoms with Crippen molar-refractivity contribution < 1.29 is 19.5 Å². The van der Waals surface area contributed by atoms with E-state index in [0.717, 1.165) is 36.9 Å². The second-order valence-electron chi connectivity index (χ2n) is 7.72. The Bertz CT molecular complexity index is 762. The van der Waals surface area contributed by atoms with Gasteiger partial charge >= 0.3 is 5.97 Å². The van der Waals surface area contributed by atoms with Crippen LogP contribution in [-0.4, -0.2) is 46.9 Å². The molecular weight excluding hydrogens is 332 g/mol. The topological polar surface area (TPSA) is 77.9 Å². The number of carbonyl (C=O) groups is 3.